The van der Waals surface area contributed by atoms with Gasteiger partial charge in [-0.15, -0.1) is 13.2 Å². The zero-order valence-electron chi connectivity index (χ0n) is 15.4. The fourth-order valence-electron chi connectivity index (χ4n) is 3.32. The van der Waals surface area contributed by atoms with Gasteiger partial charge in [0.25, 0.3) is 0 Å². The van der Waals surface area contributed by atoms with Crippen LogP contribution in [-0.2, 0) is 17.5 Å². The van der Waals surface area contributed by atoms with Crippen LogP contribution in [0.4, 0.5) is 39.5 Å². The van der Waals surface area contributed by atoms with Gasteiger partial charge >= 0.3 is 18.7 Å². The van der Waals surface area contributed by atoms with Gasteiger partial charge in [-0.25, -0.2) is 4.98 Å². The number of nitrogens with zero attached hydrogens (tertiary/aromatic N) is 2. The van der Waals surface area contributed by atoms with Crippen molar-refractivity contribution >= 4 is 0 Å². The molecule has 1 aromatic heterocycles. The smallest absolute Gasteiger partial charge is 0.382 e. The quantitative estimate of drug-likeness (QED) is 0.635. The van der Waals surface area contributed by atoms with Crippen LogP contribution in [0.2, 0.25) is 0 Å². The van der Waals surface area contributed by atoms with Gasteiger partial charge in [0, 0.05) is 19.1 Å². The summed E-state index contributed by atoms with van der Waals surface area (Å²) in [4.78, 5) is 4.51. The Bertz CT molecular complexity index is 683. The first kappa shape index (κ1) is 24.7. The molecule has 1 aliphatic rings. The van der Waals surface area contributed by atoms with Gasteiger partial charge in [-0.3, -0.25) is 9.64 Å². The van der Waals surface area contributed by atoms with Gasteiger partial charge in [0.15, 0.2) is 6.10 Å². The zero-order valence-corrected chi connectivity index (χ0v) is 15.4. The van der Waals surface area contributed by atoms with E-state index in [4.69, 9.17) is 0 Å². The zero-order chi connectivity index (χ0) is 22.7. The van der Waals surface area contributed by atoms with Gasteiger partial charge in [0.1, 0.15) is 5.69 Å². The summed E-state index contributed by atoms with van der Waals surface area (Å²) < 4.78 is 118. The molecule has 1 unspecified atom stereocenters. The Labute approximate surface area is 165 Å². The first-order chi connectivity index (χ1) is 13.6. The third-order valence-corrected chi connectivity index (χ3v) is 4.71. The van der Waals surface area contributed by atoms with Crippen molar-refractivity contribution in [2.45, 2.75) is 69.2 Å². The maximum Gasteiger partial charge on any atom is 0.522 e. The number of aliphatic hydroxyl groups excluding tert-OH is 1. The predicted octanol–water partition coefficient (Wildman–Crippen LogP) is 4.67. The van der Waals surface area contributed by atoms with Crippen molar-refractivity contribution in [2.24, 2.45) is 0 Å². The number of ether oxygens (including phenoxy) is 1. The second-order valence-corrected chi connectivity index (χ2v) is 6.99. The highest BCUT2D eigenvalue weighted by molar-refractivity contribution is 5.14. The molecule has 2 rings (SSSR count). The monoisotopic (exact) mass is 454 g/mol. The van der Waals surface area contributed by atoms with Crippen LogP contribution in [0.1, 0.15) is 37.1 Å². The van der Waals surface area contributed by atoms with Gasteiger partial charge in [-0.2, -0.15) is 26.3 Å². The maximum absolute atomic E-state index is 12.8. The maximum atomic E-state index is 12.8. The highest BCUT2D eigenvalue weighted by Crippen LogP contribution is 2.32. The Morgan fingerprint density at radius 3 is 2.10 bits per heavy atom. The Morgan fingerprint density at radius 2 is 1.60 bits per heavy atom. The summed E-state index contributed by atoms with van der Waals surface area (Å²) in [6.45, 7) is -1.39. The summed E-state index contributed by atoms with van der Waals surface area (Å²) in [6, 6.07) is 2.27. The second kappa shape index (κ2) is 9.27. The molecule has 0 spiro atoms. The largest absolute Gasteiger partial charge is 0.522 e. The minimum atomic E-state index is -4.96. The van der Waals surface area contributed by atoms with Crippen molar-refractivity contribution in [1.82, 2.24) is 9.88 Å². The molecule has 1 fully saturated rings. The SMILES string of the molecule is OC(CN(Cc1cccc(C(F)(F)F)n1)C1CCC(OC(F)(F)F)CC1)C(F)(F)F. The van der Waals surface area contributed by atoms with Crippen LogP contribution in [0.3, 0.4) is 0 Å². The molecule has 1 atom stereocenters. The van der Waals surface area contributed by atoms with Gasteiger partial charge in [-0.05, 0) is 37.8 Å². The summed E-state index contributed by atoms with van der Waals surface area (Å²) in [5.41, 5.74) is -1.40. The lowest BCUT2D eigenvalue weighted by molar-refractivity contribution is -0.345. The average molecular weight is 454 g/mol. The van der Waals surface area contributed by atoms with E-state index >= 15 is 0 Å². The number of hydrogen-bond acceptors (Lipinski definition) is 4. The van der Waals surface area contributed by atoms with E-state index in [1.807, 2.05) is 0 Å². The fraction of sp³-hybridized carbons (Fsp3) is 0.706. The molecule has 0 bridgehead atoms. The van der Waals surface area contributed by atoms with Crippen molar-refractivity contribution in [3.8, 4) is 0 Å². The molecule has 0 aromatic carbocycles. The number of rotatable bonds is 6. The van der Waals surface area contributed by atoms with E-state index < -0.39 is 55.7 Å². The molecular weight excluding hydrogens is 435 g/mol. The summed E-state index contributed by atoms with van der Waals surface area (Å²) >= 11 is 0. The van der Waals surface area contributed by atoms with Crippen molar-refractivity contribution in [3.05, 3.63) is 29.6 Å². The molecular formula is C17H19F9N2O2. The van der Waals surface area contributed by atoms with E-state index in [9.17, 15) is 44.6 Å². The van der Waals surface area contributed by atoms with E-state index in [0.29, 0.717) is 6.07 Å². The lowest BCUT2D eigenvalue weighted by atomic mass is 9.91. The molecule has 1 aliphatic carbocycles. The lowest BCUT2D eigenvalue weighted by Gasteiger charge is -2.38. The van der Waals surface area contributed by atoms with Gasteiger partial charge in [0.05, 0.1) is 11.8 Å². The van der Waals surface area contributed by atoms with Crippen LogP contribution in [0.15, 0.2) is 18.2 Å². The van der Waals surface area contributed by atoms with E-state index in [1.54, 1.807) is 0 Å². The topological polar surface area (TPSA) is 45.6 Å². The van der Waals surface area contributed by atoms with Crippen molar-refractivity contribution in [1.29, 1.82) is 0 Å². The first-order valence-corrected chi connectivity index (χ1v) is 8.91. The Morgan fingerprint density at radius 1 is 1.00 bits per heavy atom. The van der Waals surface area contributed by atoms with E-state index in [-0.39, 0.29) is 31.4 Å². The normalized spacial score (nSPS) is 22.4. The molecule has 1 heterocycles. The molecule has 0 amide bonds. The third kappa shape index (κ3) is 7.58. The summed E-state index contributed by atoms with van der Waals surface area (Å²) in [5, 5.41) is 9.41. The molecule has 0 saturated heterocycles. The molecule has 1 saturated carbocycles. The van der Waals surface area contributed by atoms with Crippen molar-refractivity contribution in [3.63, 3.8) is 0 Å². The van der Waals surface area contributed by atoms with Gasteiger partial charge < -0.3 is 5.11 Å². The number of hydrogen-bond donors (Lipinski definition) is 1. The summed E-state index contributed by atoms with van der Waals surface area (Å²) in [7, 11) is 0. The molecule has 172 valence electrons. The van der Waals surface area contributed by atoms with Gasteiger partial charge in [0.2, 0.25) is 0 Å². The third-order valence-electron chi connectivity index (χ3n) is 4.71. The summed E-state index contributed by atoms with van der Waals surface area (Å²) in [5.74, 6) is 0. The molecule has 1 N–H and O–H groups in total. The van der Waals surface area contributed by atoms with Crippen LogP contribution >= 0.6 is 0 Å². The lowest BCUT2D eigenvalue weighted by Crippen LogP contribution is -2.47. The van der Waals surface area contributed by atoms with Gasteiger partial charge in [-0.1, -0.05) is 6.07 Å². The van der Waals surface area contributed by atoms with Crippen LogP contribution in [0.5, 0.6) is 0 Å². The fourth-order valence-corrected chi connectivity index (χ4v) is 3.32. The number of halogens is 9. The number of pyridine rings is 1. The Hall–Kier alpha value is -1.60. The van der Waals surface area contributed by atoms with Crippen LogP contribution in [-0.4, -0.2) is 52.3 Å². The summed E-state index contributed by atoms with van der Waals surface area (Å²) in [6.07, 6.45) is -18.6. The second-order valence-electron chi connectivity index (χ2n) is 6.99. The molecule has 13 heteroatoms. The van der Waals surface area contributed by atoms with Crippen molar-refractivity contribution in [2.75, 3.05) is 6.54 Å². The van der Waals surface area contributed by atoms with Crippen molar-refractivity contribution < 1.29 is 49.4 Å². The minimum Gasteiger partial charge on any atom is -0.382 e. The standard InChI is InChI=1S/C17H19F9N2O2/c18-15(19,20)13-3-1-2-10(27-13)8-28(9-14(29)16(21,22)23)11-4-6-12(7-5-11)30-17(24,25)26/h1-3,11-12,14,29H,4-9H2. The highest BCUT2D eigenvalue weighted by atomic mass is 19.4. The molecule has 1 aromatic rings. The van der Waals surface area contributed by atoms with E-state index in [2.05, 4.69) is 9.72 Å². The number of aliphatic hydroxyl groups is 1. The molecule has 0 radical (unpaired) electrons. The average Bonchev–Trinajstić information content (AvgIpc) is 2.59. The number of aromatic nitrogens is 1. The predicted molar refractivity (Wildman–Crippen MR) is 84.9 cm³/mol. The molecule has 4 nitrogen and oxygen atoms in total. The molecule has 0 aliphatic heterocycles. The Kier molecular flexibility index (Phi) is 7.62. The van der Waals surface area contributed by atoms with E-state index in [0.717, 1.165) is 11.0 Å². The van der Waals surface area contributed by atoms with Crippen LogP contribution < -0.4 is 0 Å². The first-order valence-electron chi connectivity index (χ1n) is 8.91. The van der Waals surface area contributed by atoms with E-state index in [1.165, 1.54) is 6.07 Å². The highest BCUT2D eigenvalue weighted by Gasteiger charge is 2.42. The Balaban J connectivity index is 2.14. The van der Waals surface area contributed by atoms with Crippen LogP contribution in [0.25, 0.3) is 0 Å². The van der Waals surface area contributed by atoms with Crippen LogP contribution in [0, 0.1) is 0 Å². The number of alkyl halides is 9. The minimum absolute atomic E-state index is 0.0181. The molecule has 30 heavy (non-hydrogen) atoms.